The molecule has 6 rings (SSSR count). The molecule has 2 amide bonds. The first-order valence-corrected chi connectivity index (χ1v) is 17.3. The smallest absolute Gasteiger partial charge is 0.305 e. The molecular weight excluding hydrogens is 668 g/mol. The Morgan fingerprint density at radius 1 is 0.774 bits per heavy atom. The van der Waals surface area contributed by atoms with Crippen LogP contribution in [-0.2, 0) is 21.4 Å². The van der Waals surface area contributed by atoms with Gasteiger partial charge in [-0.15, -0.1) is 0 Å². The summed E-state index contributed by atoms with van der Waals surface area (Å²) in [4.78, 5) is 51.0. The summed E-state index contributed by atoms with van der Waals surface area (Å²) in [6.45, 7) is 8.27. The molecule has 1 unspecified atom stereocenters. The summed E-state index contributed by atoms with van der Waals surface area (Å²) in [5.74, 6) is -0.687. The van der Waals surface area contributed by atoms with Crippen LogP contribution in [0.5, 0.6) is 0 Å². The van der Waals surface area contributed by atoms with Crippen LogP contribution in [0.25, 0.3) is 45.4 Å². The first kappa shape index (κ1) is 36.3. The molecule has 0 saturated heterocycles. The number of nitrogens with one attached hydrogen (secondary N) is 2. The summed E-state index contributed by atoms with van der Waals surface area (Å²) in [7, 11) is 0. The molecule has 6 aromatic rings. The number of carbonyl (C=O) groups is 3. The molecule has 1 atom stereocenters. The third kappa shape index (κ3) is 9.25. The van der Waals surface area contributed by atoms with Crippen LogP contribution < -0.4 is 10.6 Å². The SMILES string of the molecule is Cc1ccc(-c2cccc(-c3noc(-c4cnc(-c5ccc(CC(NC(=O)c6ccc(C(C)(C)C)cc6)C(=O)NCCC(=O)O)cc5)nc4)n3)c2)cc1. The van der Waals surface area contributed by atoms with Gasteiger partial charge in [-0.2, -0.15) is 4.98 Å². The Labute approximate surface area is 307 Å². The second kappa shape index (κ2) is 15.8. The third-order valence-electron chi connectivity index (χ3n) is 8.76. The summed E-state index contributed by atoms with van der Waals surface area (Å²) in [5.41, 5.74) is 7.67. The van der Waals surface area contributed by atoms with Crippen molar-refractivity contribution < 1.29 is 24.0 Å². The zero-order valence-electron chi connectivity index (χ0n) is 30.0. The molecule has 11 nitrogen and oxygen atoms in total. The van der Waals surface area contributed by atoms with Crippen LogP contribution in [0.4, 0.5) is 0 Å². The molecule has 2 aromatic heterocycles. The van der Waals surface area contributed by atoms with E-state index in [1.807, 2.05) is 60.7 Å². The number of hydrogen-bond donors (Lipinski definition) is 3. The van der Waals surface area contributed by atoms with E-state index in [9.17, 15) is 14.4 Å². The number of aryl methyl sites for hydroxylation is 1. The Hall–Kier alpha value is -6.49. The molecule has 0 aliphatic heterocycles. The maximum absolute atomic E-state index is 13.2. The molecule has 53 heavy (non-hydrogen) atoms. The van der Waals surface area contributed by atoms with Gasteiger partial charge in [0.2, 0.25) is 11.7 Å². The number of rotatable bonds is 12. The maximum Gasteiger partial charge on any atom is 0.305 e. The molecule has 4 aromatic carbocycles. The Morgan fingerprint density at radius 3 is 2.09 bits per heavy atom. The van der Waals surface area contributed by atoms with Gasteiger partial charge in [-0.3, -0.25) is 14.4 Å². The van der Waals surface area contributed by atoms with Crippen molar-refractivity contribution >= 4 is 17.8 Å². The fraction of sp³-hybridized carbons (Fsp3) is 0.214. The number of aliphatic carboxylic acids is 1. The van der Waals surface area contributed by atoms with Gasteiger partial charge < -0.3 is 20.3 Å². The molecule has 0 saturated carbocycles. The summed E-state index contributed by atoms with van der Waals surface area (Å²) in [6.07, 6.45) is 3.19. The largest absolute Gasteiger partial charge is 0.481 e. The van der Waals surface area contributed by atoms with Crippen molar-refractivity contribution in [3.63, 3.8) is 0 Å². The van der Waals surface area contributed by atoms with Crippen LogP contribution in [0.15, 0.2) is 114 Å². The van der Waals surface area contributed by atoms with Gasteiger partial charge in [-0.25, -0.2) is 9.97 Å². The molecule has 0 fully saturated rings. The topological polar surface area (TPSA) is 160 Å². The number of carbonyl (C=O) groups excluding carboxylic acids is 2. The Kier molecular flexibility index (Phi) is 10.8. The normalized spacial score (nSPS) is 11.8. The average molecular weight is 709 g/mol. The van der Waals surface area contributed by atoms with Gasteiger partial charge >= 0.3 is 5.97 Å². The van der Waals surface area contributed by atoms with Crippen LogP contribution in [0.2, 0.25) is 0 Å². The lowest BCUT2D eigenvalue weighted by Gasteiger charge is -2.20. The summed E-state index contributed by atoms with van der Waals surface area (Å²) < 4.78 is 5.56. The Morgan fingerprint density at radius 2 is 1.43 bits per heavy atom. The molecule has 268 valence electrons. The van der Waals surface area contributed by atoms with E-state index in [0.29, 0.717) is 28.7 Å². The van der Waals surface area contributed by atoms with Crippen molar-refractivity contribution in [1.29, 1.82) is 0 Å². The Balaban J connectivity index is 1.13. The van der Waals surface area contributed by atoms with Crippen LogP contribution in [0, 0.1) is 6.92 Å². The second-order valence-electron chi connectivity index (χ2n) is 13.9. The minimum atomic E-state index is -1.03. The van der Waals surface area contributed by atoms with Gasteiger partial charge in [0.05, 0.1) is 12.0 Å². The van der Waals surface area contributed by atoms with E-state index in [1.165, 1.54) is 5.56 Å². The van der Waals surface area contributed by atoms with Gasteiger partial charge in [0.25, 0.3) is 11.8 Å². The van der Waals surface area contributed by atoms with Crippen molar-refractivity contribution in [2.24, 2.45) is 0 Å². The highest BCUT2D eigenvalue weighted by atomic mass is 16.5. The Bertz CT molecular complexity index is 2210. The number of amides is 2. The molecule has 0 aliphatic rings. The van der Waals surface area contributed by atoms with Crippen molar-refractivity contribution in [3.8, 4) is 45.4 Å². The van der Waals surface area contributed by atoms with E-state index in [-0.39, 0.29) is 24.8 Å². The first-order valence-electron chi connectivity index (χ1n) is 17.3. The third-order valence-corrected chi connectivity index (χ3v) is 8.76. The predicted octanol–water partition coefficient (Wildman–Crippen LogP) is 7.07. The van der Waals surface area contributed by atoms with Gasteiger partial charge in [0.1, 0.15) is 6.04 Å². The van der Waals surface area contributed by atoms with E-state index >= 15 is 0 Å². The average Bonchev–Trinajstić information content (AvgIpc) is 3.65. The molecule has 0 radical (unpaired) electrons. The number of nitrogens with zero attached hydrogens (tertiary/aromatic N) is 4. The van der Waals surface area contributed by atoms with E-state index in [2.05, 4.69) is 82.7 Å². The lowest BCUT2D eigenvalue weighted by molar-refractivity contribution is -0.137. The quantitative estimate of drug-likeness (QED) is 0.121. The van der Waals surface area contributed by atoms with E-state index in [4.69, 9.17) is 9.63 Å². The highest BCUT2D eigenvalue weighted by Crippen LogP contribution is 2.28. The second-order valence-corrected chi connectivity index (χ2v) is 13.9. The maximum atomic E-state index is 13.2. The molecule has 0 spiro atoms. The summed E-state index contributed by atoms with van der Waals surface area (Å²) >= 11 is 0. The van der Waals surface area contributed by atoms with Crippen LogP contribution in [0.3, 0.4) is 0 Å². The highest BCUT2D eigenvalue weighted by Gasteiger charge is 2.23. The number of carboxylic acid groups (broad SMARTS) is 1. The highest BCUT2D eigenvalue weighted by molar-refractivity contribution is 5.97. The van der Waals surface area contributed by atoms with Crippen LogP contribution >= 0.6 is 0 Å². The number of aromatic nitrogens is 4. The van der Waals surface area contributed by atoms with Crippen molar-refractivity contribution in [2.75, 3.05) is 6.54 Å². The zero-order valence-corrected chi connectivity index (χ0v) is 30.0. The zero-order chi connectivity index (χ0) is 37.5. The van der Waals surface area contributed by atoms with E-state index < -0.39 is 23.8 Å². The molecule has 0 aliphatic carbocycles. The van der Waals surface area contributed by atoms with Gasteiger partial charge in [-0.1, -0.05) is 110 Å². The van der Waals surface area contributed by atoms with Crippen LogP contribution in [0.1, 0.15) is 54.2 Å². The summed E-state index contributed by atoms with van der Waals surface area (Å²) in [5, 5.41) is 18.7. The number of hydrogen-bond acceptors (Lipinski definition) is 8. The van der Waals surface area contributed by atoms with Crippen molar-refractivity contribution in [2.45, 2.75) is 52.0 Å². The predicted molar refractivity (Wildman–Crippen MR) is 202 cm³/mol. The van der Waals surface area contributed by atoms with Gasteiger partial charge in [0.15, 0.2) is 5.82 Å². The van der Waals surface area contributed by atoms with Crippen LogP contribution in [-0.4, -0.2) is 55.6 Å². The standard InChI is InChI=1S/C42H40N6O5/c1-26-8-12-28(13-9-26)31-6-5-7-32(23-31)38-47-41(53-48-38)33-24-44-37(45-25-33)29-14-10-27(11-15-29)22-35(40(52)43-21-20-36(49)50)46-39(51)30-16-18-34(19-17-30)42(2,3)4/h5-19,23-25,35H,20-22H2,1-4H3,(H,43,52)(H,46,51)(H,49,50). The van der Waals surface area contributed by atoms with Gasteiger partial charge in [0, 0.05) is 42.0 Å². The molecule has 3 N–H and O–H groups in total. The number of benzene rings is 4. The lowest BCUT2D eigenvalue weighted by atomic mass is 9.86. The first-order chi connectivity index (χ1) is 25.4. The van der Waals surface area contributed by atoms with E-state index in [1.54, 1.807) is 24.5 Å². The van der Waals surface area contributed by atoms with Crippen molar-refractivity contribution in [1.82, 2.24) is 30.7 Å². The monoisotopic (exact) mass is 708 g/mol. The fourth-order valence-electron chi connectivity index (χ4n) is 5.64. The lowest BCUT2D eigenvalue weighted by Crippen LogP contribution is -2.48. The van der Waals surface area contributed by atoms with Crippen molar-refractivity contribution in [3.05, 3.63) is 132 Å². The summed E-state index contributed by atoms with van der Waals surface area (Å²) in [6, 6.07) is 30.0. The van der Waals surface area contributed by atoms with E-state index in [0.717, 1.165) is 33.4 Å². The minimum Gasteiger partial charge on any atom is -0.481 e. The molecule has 0 bridgehead atoms. The fourth-order valence-corrected chi connectivity index (χ4v) is 5.64. The molecule has 2 heterocycles. The van der Waals surface area contributed by atoms with Gasteiger partial charge in [-0.05, 0) is 52.8 Å². The minimum absolute atomic E-state index is 0.0564. The molecule has 11 heteroatoms. The molecular formula is C42H40N6O5. The number of carboxylic acids is 1.